The molecule has 1 aromatic heterocycles. The maximum Gasteiger partial charge on any atom is 0.142 e. The fourth-order valence-corrected chi connectivity index (χ4v) is 1.56. The third-order valence-corrected chi connectivity index (χ3v) is 2.47. The lowest BCUT2D eigenvalue weighted by Crippen LogP contribution is -2.19. The van der Waals surface area contributed by atoms with Crippen molar-refractivity contribution < 1.29 is 4.74 Å². The van der Waals surface area contributed by atoms with Gasteiger partial charge in [-0.15, -0.1) is 0 Å². The minimum atomic E-state index is 0.252. The molecular formula is C11H18N4O. The third-order valence-electron chi connectivity index (χ3n) is 2.47. The Balaban J connectivity index is 2.77. The SMILES string of the molecule is COCCC(C)Nc1c(C#N)c(C)nn1C. The number of nitriles is 1. The Kier molecular flexibility index (Phi) is 4.32. The van der Waals surface area contributed by atoms with Crippen LogP contribution < -0.4 is 5.32 Å². The molecule has 1 N–H and O–H groups in total. The second-order valence-electron chi connectivity index (χ2n) is 3.87. The molecule has 0 spiro atoms. The van der Waals surface area contributed by atoms with Crippen LogP contribution in [-0.4, -0.2) is 29.5 Å². The van der Waals surface area contributed by atoms with Crippen molar-refractivity contribution >= 4 is 5.82 Å². The standard InChI is InChI=1S/C11H18N4O/c1-8(5-6-16-4)13-11-10(7-12)9(2)14-15(11)3/h8,13H,5-6H2,1-4H3. The van der Waals surface area contributed by atoms with E-state index in [1.54, 1.807) is 11.8 Å². The van der Waals surface area contributed by atoms with E-state index in [1.165, 1.54) is 0 Å². The van der Waals surface area contributed by atoms with Gasteiger partial charge in [-0.2, -0.15) is 10.4 Å². The number of methoxy groups -OCH3 is 1. The van der Waals surface area contributed by atoms with Gasteiger partial charge in [0.25, 0.3) is 0 Å². The average Bonchev–Trinajstić information content (AvgIpc) is 2.50. The lowest BCUT2D eigenvalue weighted by molar-refractivity contribution is 0.191. The lowest BCUT2D eigenvalue weighted by Gasteiger charge is -2.14. The molecule has 0 amide bonds. The average molecular weight is 222 g/mol. The van der Waals surface area contributed by atoms with Gasteiger partial charge in [-0.05, 0) is 20.3 Å². The number of aromatic nitrogens is 2. The van der Waals surface area contributed by atoms with Crippen LogP contribution in [0.1, 0.15) is 24.6 Å². The summed E-state index contributed by atoms with van der Waals surface area (Å²) < 4.78 is 6.72. The second-order valence-corrected chi connectivity index (χ2v) is 3.87. The molecule has 1 unspecified atom stereocenters. The number of rotatable bonds is 5. The molecule has 0 saturated heterocycles. The van der Waals surface area contributed by atoms with Gasteiger partial charge in [0.15, 0.2) is 0 Å². The number of aryl methyl sites for hydroxylation is 2. The summed E-state index contributed by atoms with van der Waals surface area (Å²) in [7, 11) is 3.51. The van der Waals surface area contributed by atoms with Crippen molar-refractivity contribution in [3.63, 3.8) is 0 Å². The highest BCUT2D eigenvalue weighted by Crippen LogP contribution is 2.18. The molecule has 0 bridgehead atoms. The van der Waals surface area contributed by atoms with E-state index in [1.807, 2.05) is 14.0 Å². The molecule has 0 fully saturated rings. The highest BCUT2D eigenvalue weighted by atomic mass is 16.5. The Labute approximate surface area is 96.0 Å². The Morgan fingerprint density at radius 3 is 2.88 bits per heavy atom. The Hall–Kier alpha value is -1.54. The number of nitrogens with one attached hydrogen (secondary N) is 1. The summed E-state index contributed by atoms with van der Waals surface area (Å²) in [5.74, 6) is 0.781. The van der Waals surface area contributed by atoms with Crippen LogP contribution in [0.25, 0.3) is 0 Å². The van der Waals surface area contributed by atoms with Gasteiger partial charge >= 0.3 is 0 Å². The minimum absolute atomic E-state index is 0.252. The molecule has 0 radical (unpaired) electrons. The molecule has 0 aliphatic rings. The van der Waals surface area contributed by atoms with Crippen molar-refractivity contribution in [2.75, 3.05) is 19.0 Å². The van der Waals surface area contributed by atoms with Crippen molar-refractivity contribution in [3.8, 4) is 6.07 Å². The Bertz CT molecular complexity index is 391. The predicted molar refractivity (Wildman–Crippen MR) is 62.2 cm³/mol. The fraction of sp³-hybridized carbons (Fsp3) is 0.636. The van der Waals surface area contributed by atoms with Crippen molar-refractivity contribution in [2.45, 2.75) is 26.3 Å². The molecule has 5 heteroatoms. The van der Waals surface area contributed by atoms with Crippen LogP contribution >= 0.6 is 0 Å². The maximum absolute atomic E-state index is 9.03. The fourth-order valence-electron chi connectivity index (χ4n) is 1.56. The van der Waals surface area contributed by atoms with Crippen molar-refractivity contribution in [3.05, 3.63) is 11.3 Å². The van der Waals surface area contributed by atoms with Crippen LogP contribution in [-0.2, 0) is 11.8 Å². The third kappa shape index (κ3) is 2.74. The van der Waals surface area contributed by atoms with Crippen LogP contribution in [0.5, 0.6) is 0 Å². The van der Waals surface area contributed by atoms with Gasteiger partial charge in [-0.25, -0.2) is 0 Å². The van der Waals surface area contributed by atoms with Crippen LogP contribution in [0.15, 0.2) is 0 Å². The number of nitrogens with zero attached hydrogens (tertiary/aromatic N) is 3. The van der Waals surface area contributed by atoms with Gasteiger partial charge in [-0.1, -0.05) is 0 Å². The summed E-state index contributed by atoms with van der Waals surface area (Å²) in [5, 5.41) is 16.5. The zero-order valence-electron chi connectivity index (χ0n) is 10.2. The van der Waals surface area contributed by atoms with Crippen LogP contribution in [0, 0.1) is 18.3 Å². The first-order valence-electron chi connectivity index (χ1n) is 5.29. The highest BCUT2D eigenvalue weighted by molar-refractivity contribution is 5.55. The summed E-state index contributed by atoms with van der Waals surface area (Å²) in [5.41, 5.74) is 1.37. The number of hydrogen-bond acceptors (Lipinski definition) is 4. The molecule has 1 atom stereocenters. The van der Waals surface area contributed by atoms with E-state index in [0.717, 1.165) is 17.9 Å². The van der Waals surface area contributed by atoms with E-state index < -0.39 is 0 Å². The monoisotopic (exact) mass is 222 g/mol. The molecular weight excluding hydrogens is 204 g/mol. The summed E-state index contributed by atoms with van der Waals surface area (Å²) in [4.78, 5) is 0. The summed E-state index contributed by atoms with van der Waals surface area (Å²) in [6.45, 7) is 4.60. The molecule has 0 aliphatic carbocycles. The van der Waals surface area contributed by atoms with Crippen LogP contribution in [0.4, 0.5) is 5.82 Å². The predicted octanol–water partition coefficient (Wildman–Crippen LogP) is 1.44. The number of anilines is 1. The first-order valence-corrected chi connectivity index (χ1v) is 5.29. The number of hydrogen-bond donors (Lipinski definition) is 1. The molecule has 5 nitrogen and oxygen atoms in total. The summed E-state index contributed by atoms with van der Waals surface area (Å²) >= 11 is 0. The highest BCUT2D eigenvalue weighted by Gasteiger charge is 2.14. The van der Waals surface area contributed by atoms with Crippen molar-refractivity contribution in [1.29, 1.82) is 5.26 Å². The van der Waals surface area contributed by atoms with Crippen LogP contribution in [0.3, 0.4) is 0 Å². The summed E-state index contributed by atoms with van der Waals surface area (Å²) in [6, 6.07) is 2.42. The molecule has 16 heavy (non-hydrogen) atoms. The van der Waals surface area contributed by atoms with Crippen molar-refractivity contribution in [1.82, 2.24) is 9.78 Å². The van der Waals surface area contributed by atoms with Gasteiger partial charge < -0.3 is 10.1 Å². The Morgan fingerprint density at radius 1 is 1.62 bits per heavy atom. The van der Waals surface area contributed by atoms with Crippen LogP contribution in [0.2, 0.25) is 0 Å². The Morgan fingerprint density at radius 2 is 2.31 bits per heavy atom. The zero-order valence-corrected chi connectivity index (χ0v) is 10.2. The molecule has 1 aromatic rings. The normalized spacial score (nSPS) is 12.2. The topological polar surface area (TPSA) is 62.9 Å². The maximum atomic E-state index is 9.03. The minimum Gasteiger partial charge on any atom is -0.385 e. The lowest BCUT2D eigenvalue weighted by atomic mass is 10.2. The molecule has 1 rings (SSSR count). The quantitative estimate of drug-likeness (QED) is 0.818. The van der Waals surface area contributed by atoms with Crippen molar-refractivity contribution in [2.24, 2.45) is 7.05 Å². The van der Waals surface area contributed by atoms with E-state index in [4.69, 9.17) is 10.00 Å². The smallest absolute Gasteiger partial charge is 0.142 e. The molecule has 1 heterocycles. The van der Waals surface area contributed by atoms with Gasteiger partial charge in [0.05, 0.1) is 5.69 Å². The van der Waals surface area contributed by atoms with Gasteiger partial charge in [-0.3, -0.25) is 4.68 Å². The molecule has 0 aliphatic heterocycles. The van der Waals surface area contributed by atoms with E-state index in [2.05, 4.69) is 23.4 Å². The second kappa shape index (κ2) is 5.52. The largest absolute Gasteiger partial charge is 0.385 e. The first-order chi connectivity index (χ1) is 7.60. The molecule has 0 saturated carbocycles. The van der Waals surface area contributed by atoms with Gasteiger partial charge in [0, 0.05) is 26.8 Å². The van der Waals surface area contributed by atoms with E-state index in [9.17, 15) is 0 Å². The van der Waals surface area contributed by atoms with E-state index in [-0.39, 0.29) is 6.04 Å². The van der Waals surface area contributed by atoms with E-state index in [0.29, 0.717) is 12.2 Å². The zero-order chi connectivity index (χ0) is 12.1. The van der Waals surface area contributed by atoms with Gasteiger partial charge in [0.1, 0.15) is 17.5 Å². The molecule has 0 aromatic carbocycles. The first kappa shape index (κ1) is 12.5. The van der Waals surface area contributed by atoms with Gasteiger partial charge in [0.2, 0.25) is 0 Å². The molecule has 88 valence electrons. The number of ether oxygens (including phenoxy) is 1. The summed E-state index contributed by atoms with van der Waals surface area (Å²) in [6.07, 6.45) is 0.894. The van der Waals surface area contributed by atoms with E-state index >= 15 is 0 Å².